The lowest BCUT2D eigenvalue weighted by Crippen LogP contribution is -2.48. The van der Waals surface area contributed by atoms with Crippen molar-refractivity contribution in [2.24, 2.45) is 5.73 Å². The summed E-state index contributed by atoms with van der Waals surface area (Å²) in [6.45, 7) is 9.17. The highest BCUT2D eigenvalue weighted by Gasteiger charge is 2.24. The Morgan fingerprint density at radius 1 is 0.902 bits per heavy atom. The number of carboxylic acid groups (broad SMARTS) is 2. The summed E-state index contributed by atoms with van der Waals surface area (Å²) in [5.41, 5.74) is 15.3. The molecule has 0 saturated carbocycles. The molecule has 61 heavy (non-hydrogen) atoms. The molecule has 19 nitrogen and oxygen atoms in total. The van der Waals surface area contributed by atoms with Gasteiger partial charge in [0.15, 0.2) is 5.82 Å². The third-order valence-electron chi connectivity index (χ3n) is 9.69. The first kappa shape index (κ1) is 49.3. The average Bonchev–Trinajstić information content (AvgIpc) is 3.64. The number of ether oxygens (including phenoxy) is 4. The van der Waals surface area contributed by atoms with Crippen molar-refractivity contribution in [3.05, 3.63) is 41.6 Å². The van der Waals surface area contributed by atoms with Crippen molar-refractivity contribution in [2.45, 2.75) is 63.4 Å². The highest BCUT2D eigenvalue weighted by molar-refractivity contribution is 8.77. The fourth-order valence-corrected chi connectivity index (χ4v) is 8.82. The Morgan fingerprint density at radius 2 is 1.62 bits per heavy atom. The van der Waals surface area contributed by atoms with Gasteiger partial charge in [0.05, 0.1) is 65.2 Å². The van der Waals surface area contributed by atoms with Gasteiger partial charge in [0.25, 0.3) is 0 Å². The first-order valence-corrected chi connectivity index (χ1v) is 22.9. The quantitative estimate of drug-likeness (QED) is 0.0415. The Morgan fingerprint density at radius 3 is 2.31 bits per heavy atom. The van der Waals surface area contributed by atoms with Crippen molar-refractivity contribution in [3.63, 3.8) is 0 Å². The van der Waals surface area contributed by atoms with Crippen molar-refractivity contribution in [1.29, 1.82) is 0 Å². The number of hydrogen-bond acceptors (Lipinski definition) is 16. The number of benzene rings is 1. The first-order valence-electron chi connectivity index (χ1n) is 20.5. The van der Waals surface area contributed by atoms with Crippen molar-refractivity contribution >= 4 is 68.1 Å². The maximum absolute atomic E-state index is 12.8. The van der Waals surface area contributed by atoms with E-state index in [0.29, 0.717) is 59.1 Å². The summed E-state index contributed by atoms with van der Waals surface area (Å²) in [5, 5.41) is 23.2. The van der Waals surface area contributed by atoms with Gasteiger partial charge in [0, 0.05) is 69.7 Å². The van der Waals surface area contributed by atoms with E-state index in [1.807, 2.05) is 17.2 Å². The Balaban J connectivity index is 1.05. The number of rotatable bonds is 30. The molecular formula is C40H61N9O10S2. The number of unbranched alkanes of at least 4 members (excludes halogenated alkanes) is 2. The molecular weight excluding hydrogens is 831 g/mol. The number of carboxylic acids is 2. The van der Waals surface area contributed by atoms with E-state index in [2.05, 4.69) is 55.2 Å². The second-order valence-electron chi connectivity index (χ2n) is 14.3. The molecule has 1 aromatic carbocycles. The molecule has 2 aromatic heterocycles. The van der Waals surface area contributed by atoms with E-state index < -0.39 is 29.1 Å². The number of nitrogen functional groups attached to an aromatic ring is 1. The predicted molar refractivity (Wildman–Crippen MR) is 236 cm³/mol. The number of carbonyl (C=O) groups excluding carboxylic acids is 2. The molecule has 338 valence electrons. The van der Waals surface area contributed by atoms with Crippen LogP contribution in [0.3, 0.4) is 0 Å². The maximum Gasteiger partial charge on any atom is 0.321 e. The fraction of sp³-hybridized carbons (Fsp3) is 0.600. The summed E-state index contributed by atoms with van der Waals surface area (Å²) in [7, 11) is 3.59. The Hall–Kier alpha value is -4.38. The first-order chi connectivity index (χ1) is 29.5. The van der Waals surface area contributed by atoms with Crippen LogP contribution in [0.25, 0.3) is 11.0 Å². The maximum atomic E-state index is 12.8. The van der Waals surface area contributed by atoms with E-state index in [9.17, 15) is 24.3 Å². The van der Waals surface area contributed by atoms with Crippen LogP contribution in [0.5, 0.6) is 5.75 Å². The molecule has 0 radical (unpaired) electrons. The SMILES string of the molecule is CCCCCNc1nc(N)nc2ccn(Cc3ccc(CN4CCN(C(=O)CCOCCOCCOCCNC(=O)CC(SSC[C@H](N)C(=O)O)C(=O)O)CC4)cc3OC)c12. The zero-order valence-corrected chi connectivity index (χ0v) is 36.7. The molecule has 0 aliphatic carbocycles. The summed E-state index contributed by atoms with van der Waals surface area (Å²) >= 11 is 0. The fourth-order valence-electron chi connectivity index (χ4n) is 6.37. The minimum Gasteiger partial charge on any atom is -0.496 e. The van der Waals surface area contributed by atoms with E-state index in [1.54, 1.807) is 7.11 Å². The van der Waals surface area contributed by atoms with Crippen molar-refractivity contribution in [1.82, 2.24) is 29.7 Å². The molecule has 1 aliphatic heterocycles. The molecule has 1 unspecified atom stereocenters. The molecule has 3 aromatic rings. The van der Waals surface area contributed by atoms with Crippen molar-refractivity contribution in [2.75, 3.05) is 103 Å². The number of nitrogens with zero attached hydrogens (tertiary/aromatic N) is 5. The van der Waals surface area contributed by atoms with Gasteiger partial charge in [0.1, 0.15) is 22.6 Å². The molecule has 1 aliphatic rings. The number of piperazine rings is 1. The van der Waals surface area contributed by atoms with E-state index in [-0.39, 0.29) is 37.2 Å². The number of anilines is 2. The van der Waals surface area contributed by atoms with E-state index >= 15 is 0 Å². The van der Waals surface area contributed by atoms with Crippen LogP contribution in [0.15, 0.2) is 30.5 Å². The normalized spacial score (nSPS) is 14.2. The molecule has 21 heteroatoms. The lowest BCUT2D eigenvalue weighted by Gasteiger charge is -2.35. The number of methoxy groups -OCH3 is 1. The number of fused-ring (bicyclic) bond motifs is 1. The summed E-state index contributed by atoms with van der Waals surface area (Å²) in [6.07, 6.45) is 5.36. The molecule has 1 saturated heterocycles. The van der Waals surface area contributed by atoms with Crippen LogP contribution in [-0.4, -0.2) is 161 Å². The van der Waals surface area contributed by atoms with Gasteiger partial charge in [-0.1, -0.05) is 53.5 Å². The van der Waals surface area contributed by atoms with Gasteiger partial charge in [-0.05, 0) is 24.1 Å². The van der Waals surface area contributed by atoms with Crippen LogP contribution in [0.4, 0.5) is 11.8 Å². The second kappa shape index (κ2) is 26.8. The van der Waals surface area contributed by atoms with E-state index in [0.717, 1.165) is 101 Å². The zero-order chi connectivity index (χ0) is 44.0. The van der Waals surface area contributed by atoms with Gasteiger partial charge in [-0.3, -0.25) is 24.1 Å². The smallest absolute Gasteiger partial charge is 0.321 e. The molecule has 2 atom stereocenters. The molecule has 3 heterocycles. The Bertz CT molecular complexity index is 1850. The zero-order valence-electron chi connectivity index (χ0n) is 35.1. The molecule has 2 amide bonds. The van der Waals surface area contributed by atoms with Gasteiger partial charge in [-0.15, -0.1) is 0 Å². The number of carbonyl (C=O) groups is 4. The van der Waals surface area contributed by atoms with Gasteiger partial charge in [-0.2, -0.15) is 4.98 Å². The van der Waals surface area contributed by atoms with Crippen LogP contribution in [0, 0.1) is 0 Å². The van der Waals surface area contributed by atoms with Crippen LogP contribution < -0.4 is 26.8 Å². The number of aromatic nitrogens is 3. The van der Waals surface area contributed by atoms with Crippen molar-refractivity contribution in [3.8, 4) is 5.75 Å². The van der Waals surface area contributed by atoms with Crippen LogP contribution in [0.2, 0.25) is 0 Å². The number of amides is 2. The van der Waals surface area contributed by atoms with Crippen LogP contribution in [0.1, 0.15) is 50.2 Å². The van der Waals surface area contributed by atoms with E-state index in [1.165, 1.54) is 0 Å². The Labute approximate surface area is 364 Å². The molecule has 8 N–H and O–H groups in total. The summed E-state index contributed by atoms with van der Waals surface area (Å²) < 4.78 is 24.5. The van der Waals surface area contributed by atoms with Gasteiger partial charge >= 0.3 is 11.9 Å². The lowest BCUT2D eigenvalue weighted by molar-refractivity contribution is -0.138. The number of hydrogen-bond donors (Lipinski definition) is 6. The monoisotopic (exact) mass is 891 g/mol. The average molecular weight is 892 g/mol. The minimum atomic E-state index is -1.18. The predicted octanol–water partition coefficient (Wildman–Crippen LogP) is 2.51. The van der Waals surface area contributed by atoms with Crippen LogP contribution in [-0.2, 0) is 46.5 Å². The molecule has 0 spiro atoms. The molecule has 4 rings (SSSR count). The standard InChI is InChI=1S/C40H61N9O10S2/c1-3-4-5-10-44-37-36-31(45-40(42)46-37)8-12-49(36)26-29-7-6-28(23-32(29)56-2)25-47-13-15-48(16-14-47)35(51)9-17-57-19-21-59-22-20-58-18-11-43-34(50)24-33(39(54)55)61-60-27-30(41)38(52)53/h6-8,12,23,30,33H,3-5,9-11,13-22,24-27,41H2,1-2H3,(H,43,50)(H,52,53)(H,54,55)(H3,42,44,45,46)/t30-,33?/m0/s1. The third-order valence-corrected chi connectivity index (χ3v) is 12.4. The summed E-state index contributed by atoms with van der Waals surface area (Å²) in [5.74, 6) is -0.936. The Kier molecular flexibility index (Phi) is 21.7. The highest BCUT2D eigenvalue weighted by atomic mass is 33.1. The summed E-state index contributed by atoms with van der Waals surface area (Å²) in [4.78, 5) is 60.3. The topological polar surface area (TPSA) is 259 Å². The highest BCUT2D eigenvalue weighted by Crippen LogP contribution is 2.30. The van der Waals surface area contributed by atoms with Gasteiger partial charge < -0.3 is 60.7 Å². The summed E-state index contributed by atoms with van der Waals surface area (Å²) in [6, 6.07) is 7.17. The second-order valence-corrected chi connectivity index (χ2v) is 17.0. The number of aliphatic carboxylic acids is 2. The van der Waals surface area contributed by atoms with Crippen LogP contribution >= 0.6 is 21.6 Å². The van der Waals surface area contributed by atoms with Gasteiger partial charge in [-0.25, -0.2) is 4.98 Å². The largest absolute Gasteiger partial charge is 0.496 e. The van der Waals surface area contributed by atoms with Gasteiger partial charge in [0.2, 0.25) is 17.8 Å². The lowest BCUT2D eigenvalue weighted by atomic mass is 10.1. The number of nitrogens with one attached hydrogen (secondary N) is 2. The van der Waals surface area contributed by atoms with E-state index in [4.69, 9.17) is 35.5 Å². The molecule has 1 fully saturated rings. The third kappa shape index (κ3) is 17.1. The minimum absolute atomic E-state index is 0.0183. The number of nitrogens with two attached hydrogens (primary N) is 2. The van der Waals surface area contributed by atoms with Crippen molar-refractivity contribution < 1.29 is 48.3 Å². The molecule has 0 bridgehead atoms.